The molecule has 0 fully saturated rings. The van der Waals surface area contributed by atoms with Crippen molar-refractivity contribution in [3.63, 3.8) is 0 Å². The number of amides is 1. The number of nitrogens with two attached hydrogens (primary N) is 1. The zero-order valence-electron chi connectivity index (χ0n) is 10.3. The number of aryl methyl sites for hydroxylation is 1. The lowest BCUT2D eigenvalue weighted by atomic mass is 10.0. The third-order valence-electron chi connectivity index (χ3n) is 2.53. The number of hydrogen-bond donors (Lipinski definition) is 3. The predicted octanol–water partition coefficient (Wildman–Crippen LogP) is 0.558. The number of nitrogens with zero attached hydrogens (tertiary/aromatic N) is 1. The van der Waals surface area contributed by atoms with Gasteiger partial charge in [-0.2, -0.15) is 0 Å². The molecular weight excluding hydrogens is 234 g/mol. The van der Waals surface area contributed by atoms with Gasteiger partial charge >= 0.3 is 5.97 Å². The third kappa shape index (κ3) is 3.81. The van der Waals surface area contributed by atoms with Gasteiger partial charge in [0.2, 0.25) is 5.91 Å². The molecule has 0 aliphatic carbocycles. The maximum atomic E-state index is 11.3. The molecule has 6 heteroatoms. The normalized spacial score (nSPS) is 10.1. The molecule has 1 amide bonds. The van der Waals surface area contributed by atoms with E-state index in [1.54, 1.807) is 12.3 Å². The maximum absolute atomic E-state index is 11.3. The summed E-state index contributed by atoms with van der Waals surface area (Å²) in [5.41, 5.74) is 7.40. The molecule has 0 unspecified atom stereocenters. The van der Waals surface area contributed by atoms with Crippen molar-refractivity contribution in [1.29, 1.82) is 0 Å². The van der Waals surface area contributed by atoms with Crippen molar-refractivity contribution in [2.75, 3.05) is 11.9 Å². The molecular formula is C12H17N3O3. The molecule has 0 radical (unpaired) electrons. The second-order valence-corrected chi connectivity index (χ2v) is 3.78. The van der Waals surface area contributed by atoms with Gasteiger partial charge in [-0.25, -0.2) is 0 Å². The Morgan fingerprint density at radius 1 is 1.50 bits per heavy atom. The molecule has 0 saturated heterocycles. The summed E-state index contributed by atoms with van der Waals surface area (Å²) in [6.45, 7) is 1.82. The van der Waals surface area contributed by atoms with Gasteiger partial charge in [-0.1, -0.05) is 6.92 Å². The Morgan fingerprint density at radius 3 is 2.78 bits per heavy atom. The molecule has 0 aromatic carbocycles. The van der Waals surface area contributed by atoms with E-state index < -0.39 is 5.97 Å². The SMILES string of the molecule is CCc1nccc(NC(=O)CN)c1CCC(=O)O. The van der Waals surface area contributed by atoms with Crippen molar-refractivity contribution < 1.29 is 14.7 Å². The van der Waals surface area contributed by atoms with Crippen molar-refractivity contribution in [3.05, 3.63) is 23.5 Å². The summed E-state index contributed by atoms with van der Waals surface area (Å²) in [5, 5.41) is 11.4. The van der Waals surface area contributed by atoms with E-state index in [-0.39, 0.29) is 18.9 Å². The van der Waals surface area contributed by atoms with E-state index >= 15 is 0 Å². The quantitative estimate of drug-likeness (QED) is 0.685. The summed E-state index contributed by atoms with van der Waals surface area (Å²) in [6, 6.07) is 1.66. The Morgan fingerprint density at radius 2 is 2.22 bits per heavy atom. The number of nitrogens with one attached hydrogen (secondary N) is 1. The number of rotatable bonds is 6. The predicted molar refractivity (Wildman–Crippen MR) is 67.3 cm³/mol. The zero-order chi connectivity index (χ0) is 13.5. The molecule has 0 atom stereocenters. The average molecular weight is 251 g/mol. The first-order valence-corrected chi connectivity index (χ1v) is 5.77. The van der Waals surface area contributed by atoms with Gasteiger partial charge in [-0.05, 0) is 24.5 Å². The first kappa shape index (κ1) is 14.1. The van der Waals surface area contributed by atoms with Crippen molar-refractivity contribution in [2.45, 2.75) is 26.2 Å². The summed E-state index contributed by atoms with van der Waals surface area (Å²) in [4.78, 5) is 26.1. The van der Waals surface area contributed by atoms with E-state index in [0.29, 0.717) is 18.5 Å². The van der Waals surface area contributed by atoms with Gasteiger partial charge in [0.05, 0.1) is 6.54 Å². The highest BCUT2D eigenvalue weighted by Crippen LogP contribution is 2.20. The standard InChI is InChI=1S/C12H17N3O3/c1-2-9-8(3-4-12(17)18)10(5-6-14-9)15-11(16)7-13/h5-6H,2-4,7,13H2,1H3,(H,17,18)(H,14,15,16). The zero-order valence-corrected chi connectivity index (χ0v) is 10.3. The van der Waals surface area contributed by atoms with E-state index in [4.69, 9.17) is 10.8 Å². The van der Waals surface area contributed by atoms with Gasteiger partial charge in [0.25, 0.3) is 0 Å². The Bertz CT molecular complexity index is 446. The Kier molecular flexibility index (Phi) is 5.26. The summed E-state index contributed by atoms with van der Waals surface area (Å²) in [5.74, 6) is -1.18. The lowest BCUT2D eigenvalue weighted by Gasteiger charge is -2.13. The van der Waals surface area contributed by atoms with E-state index in [1.807, 2.05) is 6.92 Å². The highest BCUT2D eigenvalue weighted by atomic mass is 16.4. The molecule has 1 aromatic heterocycles. The van der Waals surface area contributed by atoms with Crippen LogP contribution in [0.2, 0.25) is 0 Å². The van der Waals surface area contributed by atoms with Crippen molar-refractivity contribution >= 4 is 17.6 Å². The molecule has 0 aliphatic rings. The minimum absolute atomic E-state index is 0.00416. The van der Waals surface area contributed by atoms with Gasteiger partial charge in [0.1, 0.15) is 0 Å². The highest BCUT2D eigenvalue weighted by molar-refractivity contribution is 5.93. The van der Waals surface area contributed by atoms with Crippen LogP contribution in [0.5, 0.6) is 0 Å². The number of anilines is 1. The Labute approximate surface area is 105 Å². The number of carbonyl (C=O) groups is 2. The van der Waals surface area contributed by atoms with Crippen LogP contribution in [0.3, 0.4) is 0 Å². The summed E-state index contributed by atoms with van der Waals surface area (Å²) >= 11 is 0. The number of carboxylic acid groups (broad SMARTS) is 1. The van der Waals surface area contributed by atoms with Gasteiger partial charge < -0.3 is 16.2 Å². The van der Waals surface area contributed by atoms with Crippen LogP contribution in [-0.4, -0.2) is 28.5 Å². The van der Waals surface area contributed by atoms with Crippen LogP contribution >= 0.6 is 0 Å². The smallest absolute Gasteiger partial charge is 0.303 e. The monoisotopic (exact) mass is 251 g/mol. The summed E-state index contributed by atoms with van der Waals surface area (Å²) in [7, 11) is 0. The second-order valence-electron chi connectivity index (χ2n) is 3.78. The lowest BCUT2D eigenvalue weighted by Crippen LogP contribution is -2.23. The second kappa shape index (κ2) is 6.70. The Hall–Kier alpha value is -1.95. The van der Waals surface area contributed by atoms with Crippen molar-refractivity contribution in [1.82, 2.24) is 4.98 Å². The molecule has 0 saturated carbocycles. The molecule has 98 valence electrons. The molecule has 0 spiro atoms. The number of hydrogen-bond acceptors (Lipinski definition) is 4. The molecule has 4 N–H and O–H groups in total. The minimum Gasteiger partial charge on any atom is -0.481 e. The van der Waals surface area contributed by atoms with Gasteiger partial charge in [0.15, 0.2) is 0 Å². The topological polar surface area (TPSA) is 105 Å². The molecule has 1 heterocycles. The maximum Gasteiger partial charge on any atom is 0.303 e. The van der Waals surface area contributed by atoms with E-state index in [0.717, 1.165) is 11.3 Å². The Balaban J connectivity index is 2.99. The number of aliphatic carboxylic acids is 1. The first-order chi connectivity index (χ1) is 8.58. The van der Waals surface area contributed by atoms with Gasteiger partial charge in [0, 0.05) is 24.0 Å². The van der Waals surface area contributed by atoms with Crippen molar-refractivity contribution in [3.8, 4) is 0 Å². The lowest BCUT2D eigenvalue weighted by molar-refractivity contribution is -0.136. The summed E-state index contributed by atoms with van der Waals surface area (Å²) < 4.78 is 0. The molecule has 18 heavy (non-hydrogen) atoms. The molecule has 0 aliphatic heterocycles. The average Bonchev–Trinajstić information content (AvgIpc) is 2.36. The van der Waals surface area contributed by atoms with Crippen LogP contribution in [0.4, 0.5) is 5.69 Å². The van der Waals surface area contributed by atoms with Gasteiger partial charge in [-0.3, -0.25) is 14.6 Å². The molecule has 6 nitrogen and oxygen atoms in total. The minimum atomic E-state index is -0.878. The van der Waals surface area contributed by atoms with Crippen LogP contribution < -0.4 is 11.1 Å². The van der Waals surface area contributed by atoms with E-state index in [9.17, 15) is 9.59 Å². The fourth-order valence-corrected chi connectivity index (χ4v) is 1.67. The molecule has 1 aromatic rings. The first-order valence-electron chi connectivity index (χ1n) is 5.77. The number of carbonyl (C=O) groups excluding carboxylic acids is 1. The molecule has 0 bridgehead atoms. The van der Waals surface area contributed by atoms with Crippen LogP contribution in [0.25, 0.3) is 0 Å². The van der Waals surface area contributed by atoms with Gasteiger partial charge in [-0.15, -0.1) is 0 Å². The van der Waals surface area contributed by atoms with E-state index in [2.05, 4.69) is 10.3 Å². The highest BCUT2D eigenvalue weighted by Gasteiger charge is 2.12. The summed E-state index contributed by atoms with van der Waals surface area (Å²) in [6.07, 6.45) is 2.62. The molecule has 1 rings (SSSR count). The van der Waals surface area contributed by atoms with E-state index in [1.165, 1.54) is 0 Å². The number of carboxylic acids is 1. The van der Waals surface area contributed by atoms with Crippen LogP contribution in [0.15, 0.2) is 12.3 Å². The van der Waals surface area contributed by atoms with Crippen LogP contribution in [-0.2, 0) is 22.4 Å². The van der Waals surface area contributed by atoms with Crippen molar-refractivity contribution in [2.24, 2.45) is 5.73 Å². The number of aromatic nitrogens is 1. The van der Waals surface area contributed by atoms with Crippen LogP contribution in [0, 0.1) is 0 Å². The fraction of sp³-hybridized carbons (Fsp3) is 0.417. The third-order valence-corrected chi connectivity index (χ3v) is 2.53. The fourth-order valence-electron chi connectivity index (χ4n) is 1.67. The van der Waals surface area contributed by atoms with Crippen LogP contribution in [0.1, 0.15) is 24.6 Å². The largest absolute Gasteiger partial charge is 0.481 e. The number of pyridine rings is 1.